The second kappa shape index (κ2) is 15.8. The molecule has 5 N–H and O–H groups in total. The maximum absolute atomic E-state index is 12.7. The molecule has 0 unspecified atom stereocenters. The van der Waals surface area contributed by atoms with Crippen molar-refractivity contribution < 1.29 is 29.7 Å². The lowest BCUT2D eigenvalue weighted by Gasteiger charge is -2.18. The number of carbonyl (C=O) groups excluding carboxylic acids is 1. The number of aliphatic carboxylic acids is 2. The monoisotopic (exact) mass is 566 g/mol. The predicted octanol–water partition coefficient (Wildman–Crippen LogP) is 3.98. The van der Waals surface area contributed by atoms with Crippen LogP contribution in [0.15, 0.2) is 18.2 Å². The number of rotatable bonds is 11. The topological polar surface area (TPSA) is 167 Å². The highest BCUT2D eigenvalue weighted by molar-refractivity contribution is 6.42. The summed E-state index contributed by atoms with van der Waals surface area (Å²) in [5, 5.41) is 37.6. The fraction of sp³-hybridized carbons (Fsp3) is 0.385. The second-order valence-corrected chi connectivity index (χ2v) is 9.01. The van der Waals surface area contributed by atoms with Gasteiger partial charge in [0.1, 0.15) is 0 Å². The number of aromatic nitrogens is 1. The van der Waals surface area contributed by atoms with Gasteiger partial charge in [0.05, 0.1) is 33.7 Å². The maximum Gasteiger partial charge on any atom is 0.333 e. The number of nitrogens with zero attached hydrogens (tertiary/aromatic N) is 2. The Morgan fingerprint density at radius 3 is 2.26 bits per heavy atom. The van der Waals surface area contributed by atoms with E-state index < -0.39 is 24.5 Å². The van der Waals surface area contributed by atoms with Gasteiger partial charge in [-0.1, -0.05) is 43.1 Å². The number of hydrogen-bond donors (Lipinski definition) is 5. The molecular formula is C26H32Cl2N4O6. The second-order valence-electron chi connectivity index (χ2n) is 8.20. The van der Waals surface area contributed by atoms with Crippen LogP contribution in [0.4, 0.5) is 0 Å². The van der Waals surface area contributed by atoms with Crippen molar-refractivity contribution in [3.63, 3.8) is 0 Å². The summed E-state index contributed by atoms with van der Waals surface area (Å²) in [6.45, 7) is 11.2. The number of benzene rings is 1. The molecule has 1 aromatic heterocycles. The smallest absolute Gasteiger partial charge is 0.333 e. The van der Waals surface area contributed by atoms with Crippen LogP contribution >= 0.6 is 23.2 Å². The van der Waals surface area contributed by atoms with Crippen LogP contribution in [0.1, 0.15) is 53.1 Å². The van der Waals surface area contributed by atoms with Gasteiger partial charge in [-0.2, -0.15) is 5.26 Å². The third-order valence-electron chi connectivity index (χ3n) is 5.60. The molecule has 0 aliphatic rings. The molecule has 10 nitrogen and oxygen atoms in total. The zero-order valence-electron chi connectivity index (χ0n) is 21.6. The number of carboxylic acids is 2. The summed E-state index contributed by atoms with van der Waals surface area (Å²) in [4.78, 5) is 37.6. The van der Waals surface area contributed by atoms with Crippen molar-refractivity contribution in [1.82, 2.24) is 15.2 Å². The summed E-state index contributed by atoms with van der Waals surface area (Å²) in [6.07, 6.45) is -0.813. The summed E-state index contributed by atoms with van der Waals surface area (Å²) >= 11 is 12.0. The molecule has 1 aromatic carbocycles. The van der Waals surface area contributed by atoms with E-state index in [0.717, 1.165) is 36.6 Å². The molecule has 1 atom stereocenters. The van der Waals surface area contributed by atoms with Gasteiger partial charge in [-0.15, -0.1) is 0 Å². The number of aliphatic hydroxyl groups is 1. The molecule has 2 rings (SSSR count). The van der Waals surface area contributed by atoms with E-state index in [4.69, 9.17) is 38.5 Å². The molecule has 0 bridgehead atoms. The number of nitriles is 1. The average Bonchev–Trinajstić information content (AvgIpc) is 3.14. The summed E-state index contributed by atoms with van der Waals surface area (Å²) in [5.41, 5.74) is 4.00. The first-order chi connectivity index (χ1) is 17.9. The Hall–Kier alpha value is -3.36. The predicted molar refractivity (Wildman–Crippen MR) is 146 cm³/mol. The van der Waals surface area contributed by atoms with Crippen molar-refractivity contribution in [2.24, 2.45) is 0 Å². The maximum atomic E-state index is 12.7. The molecule has 1 amide bonds. The van der Waals surface area contributed by atoms with Crippen molar-refractivity contribution in [3.8, 4) is 6.07 Å². The van der Waals surface area contributed by atoms with Crippen molar-refractivity contribution in [1.29, 1.82) is 5.26 Å². The van der Waals surface area contributed by atoms with Crippen molar-refractivity contribution >= 4 is 52.7 Å². The van der Waals surface area contributed by atoms with Crippen molar-refractivity contribution in [2.45, 2.75) is 40.2 Å². The number of hydrogen-bond acceptors (Lipinski definition) is 6. The summed E-state index contributed by atoms with van der Waals surface area (Å²) in [5.74, 6) is -2.96. The molecule has 0 fully saturated rings. The number of aromatic amines is 1. The largest absolute Gasteiger partial charge is 0.481 e. The fourth-order valence-corrected chi connectivity index (χ4v) is 3.75. The zero-order valence-corrected chi connectivity index (χ0v) is 23.2. The Balaban J connectivity index is 0.000000686. The van der Waals surface area contributed by atoms with Crippen LogP contribution in [-0.4, -0.2) is 75.3 Å². The first-order valence-electron chi connectivity index (χ1n) is 11.8. The number of aliphatic hydroxyl groups excluding tert-OH is 1. The molecule has 0 spiro atoms. The summed E-state index contributed by atoms with van der Waals surface area (Å²) in [6, 6.07) is 7.25. The molecule has 12 heteroatoms. The molecule has 0 saturated heterocycles. The SMILES string of the molecule is CCN(CC)CCNC(=O)c1c(C)[nH]c(/C=C(\C#N)c2ccc(Cl)c(Cl)c2)c1C.O=C(O)C[C@H](O)C(=O)O. The normalized spacial score (nSPS) is 11.8. The highest BCUT2D eigenvalue weighted by atomic mass is 35.5. The van der Waals surface area contributed by atoms with Gasteiger partial charge in [-0.05, 0) is 56.3 Å². The molecule has 206 valence electrons. The Morgan fingerprint density at radius 2 is 1.79 bits per heavy atom. The molecule has 0 aliphatic carbocycles. The van der Waals surface area contributed by atoms with Gasteiger partial charge in [-0.25, -0.2) is 4.79 Å². The van der Waals surface area contributed by atoms with Gasteiger partial charge in [-0.3, -0.25) is 9.59 Å². The standard InChI is InChI=1S/C22H26Cl2N4O.C4H6O5/c1-5-28(6-2)10-9-26-22(29)21-14(3)20(27-15(21)4)12-17(13-25)16-7-8-18(23)19(24)11-16;5-2(4(8)9)1-3(6)7/h7-8,11-12,27H,5-6,9-10H2,1-4H3,(H,26,29);2,5H,1H2,(H,6,7)(H,8,9)/b17-12+;/t;2-/m.0/s1. The van der Waals surface area contributed by atoms with E-state index in [1.54, 1.807) is 24.3 Å². The van der Waals surface area contributed by atoms with E-state index in [2.05, 4.69) is 35.1 Å². The number of carboxylic acid groups (broad SMARTS) is 2. The minimum absolute atomic E-state index is 0.115. The number of allylic oxidation sites excluding steroid dienone is 1. The van der Waals surface area contributed by atoms with Crippen LogP contribution < -0.4 is 5.32 Å². The number of likely N-dealkylation sites (N-methyl/N-ethyl adjacent to an activating group) is 1. The van der Waals surface area contributed by atoms with Crippen molar-refractivity contribution in [3.05, 3.63) is 56.3 Å². The van der Waals surface area contributed by atoms with Crippen molar-refractivity contribution in [2.75, 3.05) is 26.2 Å². The first kappa shape index (κ1) is 32.7. The number of aryl methyl sites for hydroxylation is 1. The summed E-state index contributed by atoms with van der Waals surface area (Å²) in [7, 11) is 0. The quantitative estimate of drug-likeness (QED) is 0.254. The Kier molecular flexibility index (Phi) is 13.6. The van der Waals surface area contributed by atoms with E-state index >= 15 is 0 Å². The minimum atomic E-state index is -1.79. The van der Waals surface area contributed by atoms with Gasteiger partial charge in [0.15, 0.2) is 6.10 Å². The number of carbonyl (C=O) groups is 3. The molecule has 0 saturated carbocycles. The molecule has 1 heterocycles. The van der Waals surface area contributed by atoms with E-state index in [1.807, 2.05) is 13.8 Å². The molecule has 0 aliphatic heterocycles. The van der Waals surface area contributed by atoms with Gasteiger partial charge in [0, 0.05) is 24.5 Å². The highest BCUT2D eigenvalue weighted by Gasteiger charge is 2.18. The van der Waals surface area contributed by atoms with E-state index in [1.165, 1.54) is 0 Å². The van der Waals surface area contributed by atoms with Gasteiger partial charge >= 0.3 is 11.9 Å². The molecular weight excluding hydrogens is 535 g/mol. The van der Waals surface area contributed by atoms with Crippen LogP contribution in [-0.2, 0) is 9.59 Å². The Morgan fingerprint density at radius 1 is 1.16 bits per heavy atom. The van der Waals surface area contributed by atoms with Crippen LogP contribution in [0.25, 0.3) is 11.6 Å². The Bertz CT molecular complexity index is 1220. The number of H-pyrrole nitrogens is 1. The molecule has 0 radical (unpaired) electrons. The third-order valence-corrected chi connectivity index (χ3v) is 6.34. The number of nitrogens with one attached hydrogen (secondary N) is 2. The van der Waals surface area contributed by atoms with Crippen LogP contribution in [0.5, 0.6) is 0 Å². The molecule has 38 heavy (non-hydrogen) atoms. The first-order valence-corrected chi connectivity index (χ1v) is 12.5. The average molecular weight is 567 g/mol. The van der Waals surface area contributed by atoms with E-state index in [-0.39, 0.29) is 5.91 Å². The molecule has 2 aromatic rings. The third kappa shape index (κ3) is 9.84. The van der Waals surface area contributed by atoms with Crippen LogP contribution in [0.3, 0.4) is 0 Å². The van der Waals surface area contributed by atoms with Gasteiger partial charge in [0.25, 0.3) is 5.91 Å². The fourth-order valence-electron chi connectivity index (χ4n) is 3.46. The lowest BCUT2D eigenvalue weighted by Crippen LogP contribution is -2.35. The lowest BCUT2D eigenvalue weighted by molar-refractivity contribution is -0.152. The Labute approximate surface area is 231 Å². The van der Waals surface area contributed by atoms with E-state index in [0.29, 0.717) is 33.3 Å². The zero-order chi connectivity index (χ0) is 29.0. The minimum Gasteiger partial charge on any atom is -0.481 e. The lowest BCUT2D eigenvalue weighted by atomic mass is 10.0. The van der Waals surface area contributed by atoms with Crippen LogP contribution in [0.2, 0.25) is 10.0 Å². The number of amides is 1. The van der Waals surface area contributed by atoms with Gasteiger partial charge < -0.3 is 30.5 Å². The van der Waals surface area contributed by atoms with Gasteiger partial charge in [0.2, 0.25) is 0 Å². The number of halogens is 2. The van der Waals surface area contributed by atoms with Crippen LogP contribution in [0, 0.1) is 25.2 Å². The van der Waals surface area contributed by atoms with E-state index in [9.17, 15) is 19.6 Å². The summed E-state index contributed by atoms with van der Waals surface area (Å²) < 4.78 is 0. The highest BCUT2D eigenvalue weighted by Crippen LogP contribution is 2.28.